The normalized spacial score (nSPS) is 17.2. The summed E-state index contributed by atoms with van der Waals surface area (Å²) >= 11 is 0. The van der Waals surface area contributed by atoms with E-state index in [2.05, 4.69) is 53.3 Å². The van der Waals surface area contributed by atoms with Gasteiger partial charge in [0.15, 0.2) is 0 Å². The van der Waals surface area contributed by atoms with Gasteiger partial charge in [0.1, 0.15) is 12.4 Å². The summed E-state index contributed by atoms with van der Waals surface area (Å²) in [6.07, 6.45) is 3.04. The van der Waals surface area contributed by atoms with Gasteiger partial charge in [0.25, 0.3) is 0 Å². The number of rotatable bonds is 11. The summed E-state index contributed by atoms with van der Waals surface area (Å²) in [5, 5.41) is 18.5. The minimum atomic E-state index is 0. The molecule has 0 aliphatic carbocycles. The van der Waals surface area contributed by atoms with Gasteiger partial charge >= 0.3 is 0 Å². The highest BCUT2D eigenvalue weighted by Gasteiger charge is 2.30. The Kier molecular flexibility index (Phi) is 12.4. The van der Waals surface area contributed by atoms with E-state index in [1.54, 1.807) is 0 Å². The second kappa shape index (κ2) is 15.0. The van der Waals surface area contributed by atoms with Gasteiger partial charge in [0, 0.05) is 43.2 Å². The third kappa shape index (κ3) is 8.07. The number of halogens is 2. The number of hydrogen-bond donors (Lipinski definition) is 1. The summed E-state index contributed by atoms with van der Waals surface area (Å²) in [4.78, 5) is 2.24. The fourth-order valence-corrected chi connectivity index (χ4v) is 4.48. The van der Waals surface area contributed by atoms with Crippen LogP contribution in [0.5, 0.6) is 11.6 Å². The molecular weight excluding hydrogens is 497 g/mol. The molecule has 2 atom stereocenters. The molecule has 1 fully saturated rings. The van der Waals surface area contributed by atoms with Gasteiger partial charge in [-0.25, -0.2) is 0 Å². The highest BCUT2D eigenvalue weighted by Crippen LogP contribution is 2.29. The zero-order chi connectivity index (χ0) is 23.8. The van der Waals surface area contributed by atoms with Gasteiger partial charge in [-0.15, -0.1) is 29.9 Å². The molecule has 2 aromatic carbocycles. The van der Waals surface area contributed by atoms with Crippen molar-refractivity contribution in [3.05, 3.63) is 71.9 Å². The number of aryl methyl sites for hydroxylation is 1. The van der Waals surface area contributed by atoms with Crippen LogP contribution < -0.4 is 9.47 Å². The van der Waals surface area contributed by atoms with Crippen molar-refractivity contribution < 1.29 is 14.6 Å². The van der Waals surface area contributed by atoms with E-state index in [-0.39, 0.29) is 37.3 Å². The Morgan fingerprint density at radius 3 is 2.36 bits per heavy atom. The summed E-state index contributed by atoms with van der Waals surface area (Å²) in [6.45, 7) is 5.26. The molecule has 4 rings (SSSR count). The highest BCUT2D eigenvalue weighted by molar-refractivity contribution is 5.85. The largest absolute Gasteiger partial charge is 0.489 e. The highest BCUT2D eigenvalue weighted by atomic mass is 35.5. The van der Waals surface area contributed by atoms with Crippen LogP contribution in [0.2, 0.25) is 0 Å². The minimum absolute atomic E-state index is 0. The van der Waals surface area contributed by atoms with Crippen molar-refractivity contribution in [2.24, 2.45) is 11.8 Å². The molecule has 1 aliphatic heterocycles. The Hall–Kier alpha value is -2.38. The minimum Gasteiger partial charge on any atom is -0.489 e. The molecule has 0 radical (unpaired) electrons. The first-order chi connectivity index (χ1) is 16.7. The van der Waals surface area contributed by atoms with Crippen molar-refractivity contribution in [2.45, 2.75) is 32.8 Å². The second-order valence-corrected chi connectivity index (χ2v) is 9.18. The first-order valence-electron chi connectivity index (χ1n) is 12.2. The molecule has 1 aliphatic rings. The molecule has 0 amide bonds. The number of aliphatic hydroxyl groups excluding tert-OH is 1. The average Bonchev–Trinajstić information content (AvgIpc) is 3.25. The Balaban J connectivity index is 0.00000228. The van der Waals surface area contributed by atoms with Crippen LogP contribution in [0.1, 0.15) is 31.0 Å². The Morgan fingerprint density at radius 1 is 0.944 bits per heavy atom. The fourth-order valence-electron chi connectivity index (χ4n) is 4.48. The lowest BCUT2D eigenvalue weighted by Crippen LogP contribution is -2.23. The predicted octanol–water partition coefficient (Wildman–Crippen LogP) is 5.46. The van der Waals surface area contributed by atoms with Crippen LogP contribution in [0.15, 0.2) is 60.7 Å². The number of ether oxygens (including phenoxy) is 2. The van der Waals surface area contributed by atoms with Gasteiger partial charge in [-0.2, -0.15) is 5.10 Å². The molecule has 196 valence electrons. The third-order valence-electron chi connectivity index (χ3n) is 6.47. The number of likely N-dealkylation sites (tertiary alicyclic amines) is 1. The van der Waals surface area contributed by atoms with E-state index in [9.17, 15) is 5.11 Å². The summed E-state index contributed by atoms with van der Waals surface area (Å²) in [5.74, 6) is 1.90. The SMILES string of the molecule is CCCCc1nnc(OC[C@H]2CN(C)C[C@@H]2CO)cc1-c1ccc(OCc2ccccc2)cc1.Cl.Cl. The van der Waals surface area contributed by atoms with E-state index in [0.29, 0.717) is 25.0 Å². The van der Waals surface area contributed by atoms with Crippen molar-refractivity contribution in [3.8, 4) is 22.8 Å². The summed E-state index contributed by atoms with van der Waals surface area (Å²) in [6, 6.07) is 20.3. The van der Waals surface area contributed by atoms with Crippen LogP contribution >= 0.6 is 24.8 Å². The Labute approximate surface area is 226 Å². The van der Waals surface area contributed by atoms with Crippen LogP contribution in [0, 0.1) is 11.8 Å². The number of hydrogen-bond acceptors (Lipinski definition) is 6. The van der Waals surface area contributed by atoms with Crippen molar-refractivity contribution in [1.82, 2.24) is 15.1 Å². The van der Waals surface area contributed by atoms with Crippen molar-refractivity contribution in [1.29, 1.82) is 0 Å². The number of nitrogens with zero attached hydrogens (tertiary/aromatic N) is 3. The van der Waals surface area contributed by atoms with Crippen LogP contribution in [0.25, 0.3) is 11.1 Å². The van der Waals surface area contributed by atoms with Gasteiger partial charge in [-0.1, -0.05) is 55.8 Å². The van der Waals surface area contributed by atoms with E-state index in [4.69, 9.17) is 9.47 Å². The Bertz CT molecular complexity index is 1040. The smallest absolute Gasteiger partial charge is 0.234 e. The fraction of sp³-hybridized carbons (Fsp3) is 0.429. The maximum absolute atomic E-state index is 9.67. The van der Waals surface area contributed by atoms with Gasteiger partial charge in [-0.3, -0.25) is 0 Å². The van der Waals surface area contributed by atoms with Gasteiger partial charge < -0.3 is 19.5 Å². The van der Waals surface area contributed by atoms with E-state index >= 15 is 0 Å². The lowest BCUT2D eigenvalue weighted by molar-refractivity contribution is 0.159. The quantitative estimate of drug-likeness (QED) is 0.353. The van der Waals surface area contributed by atoms with Crippen LogP contribution in [0.4, 0.5) is 0 Å². The van der Waals surface area contributed by atoms with Gasteiger partial charge in [-0.05, 0) is 43.1 Å². The number of unbranched alkanes of at least 4 members (excludes halogenated alkanes) is 1. The van der Waals surface area contributed by atoms with Crippen LogP contribution in [-0.2, 0) is 13.0 Å². The molecule has 1 saturated heterocycles. The van der Waals surface area contributed by atoms with Gasteiger partial charge in [0.05, 0.1) is 12.3 Å². The van der Waals surface area contributed by atoms with E-state index < -0.39 is 0 Å². The first-order valence-corrected chi connectivity index (χ1v) is 12.2. The third-order valence-corrected chi connectivity index (χ3v) is 6.47. The lowest BCUT2D eigenvalue weighted by atomic mass is 9.98. The number of aromatic nitrogens is 2. The standard InChI is InChI=1S/C28H35N3O3.2ClH/c1-3-4-10-27-26(15-28(30-29-27)34-20-24-17-31(2)16-23(24)18-32)22-11-13-25(14-12-22)33-19-21-8-6-5-7-9-21;;/h5-9,11-15,23-24,32H,3-4,10,16-20H2,1-2H3;2*1H/t23-,24-;;/m1../s1. The van der Waals surface area contributed by atoms with Gasteiger partial charge in [0.2, 0.25) is 5.88 Å². The summed E-state index contributed by atoms with van der Waals surface area (Å²) < 4.78 is 12.0. The molecular formula is C28H37Cl2N3O3. The summed E-state index contributed by atoms with van der Waals surface area (Å²) in [5.41, 5.74) is 4.26. The molecule has 6 nitrogen and oxygen atoms in total. The number of aliphatic hydroxyl groups is 1. The molecule has 36 heavy (non-hydrogen) atoms. The Morgan fingerprint density at radius 2 is 1.67 bits per heavy atom. The summed E-state index contributed by atoms with van der Waals surface area (Å²) in [7, 11) is 2.08. The number of benzene rings is 2. The van der Waals surface area contributed by atoms with Crippen molar-refractivity contribution in [2.75, 3.05) is 33.4 Å². The maximum atomic E-state index is 9.67. The topological polar surface area (TPSA) is 67.7 Å². The second-order valence-electron chi connectivity index (χ2n) is 9.18. The zero-order valence-electron chi connectivity index (χ0n) is 21.0. The molecule has 0 spiro atoms. The van der Waals surface area contributed by atoms with Crippen LogP contribution in [0.3, 0.4) is 0 Å². The van der Waals surface area contributed by atoms with Crippen molar-refractivity contribution >= 4 is 24.8 Å². The molecule has 2 heterocycles. The van der Waals surface area contributed by atoms with E-state index in [0.717, 1.165) is 60.5 Å². The maximum Gasteiger partial charge on any atom is 0.234 e. The van der Waals surface area contributed by atoms with Crippen LogP contribution in [-0.4, -0.2) is 53.6 Å². The monoisotopic (exact) mass is 533 g/mol. The lowest BCUT2D eigenvalue weighted by Gasteiger charge is -2.17. The van der Waals surface area contributed by atoms with Crippen molar-refractivity contribution in [3.63, 3.8) is 0 Å². The predicted molar refractivity (Wildman–Crippen MR) is 148 cm³/mol. The van der Waals surface area contributed by atoms with E-state index in [1.165, 1.54) is 0 Å². The average molecular weight is 535 g/mol. The zero-order valence-corrected chi connectivity index (χ0v) is 22.6. The molecule has 1 aromatic heterocycles. The van der Waals surface area contributed by atoms with E-state index in [1.807, 2.05) is 36.4 Å². The first kappa shape index (κ1) is 29.8. The molecule has 0 bridgehead atoms. The molecule has 0 saturated carbocycles. The molecule has 0 unspecified atom stereocenters. The molecule has 3 aromatic rings. The molecule has 8 heteroatoms. The molecule has 1 N–H and O–H groups in total.